The van der Waals surface area contributed by atoms with Gasteiger partial charge in [-0.05, 0) is 98.4 Å². The van der Waals surface area contributed by atoms with E-state index in [1.807, 2.05) is 18.2 Å². The molecule has 0 aromatic heterocycles. The summed E-state index contributed by atoms with van der Waals surface area (Å²) in [5.74, 6) is 1.70. The van der Waals surface area contributed by atoms with Crippen LogP contribution >= 0.6 is 0 Å². The Morgan fingerprint density at radius 3 is 2.03 bits per heavy atom. The molecular formula is C34H47FO2. The van der Waals surface area contributed by atoms with E-state index >= 15 is 4.39 Å². The Balaban J connectivity index is 1.28. The average molecular weight is 507 g/mol. The van der Waals surface area contributed by atoms with Gasteiger partial charge in [-0.15, -0.1) is 0 Å². The number of esters is 1. The SMILES string of the molecule is CCCCCC1CCC(OC(=O)c2ccc(-c3ccc(C4CCC(CCCC)CC4)cc3F)cc2)CC1. The lowest BCUT2D eigenvalue weighted by atomic mass is 9.77. The second-order valence-corrected chi connectivity index (χ2v) is 11.7. The molecule has 2 nitrogen and oxygen atoms in total. The van der Waals surface area contributed by atoms with E-state index in [-0.39, 0.29) is 17.9 Å². The first-order valence-electron chi connectivity index (χ1n) is 15.2. The Morgan fingerprint density at radius 2 is 1.41 bits per heavy atom. The van der Waals surface area contributed by atoms with Crippen molar-refractivity contribution in [3.05, 3.63) is 59.4 Å². The molecule has 0 unspecified atom stereocenters. The van der Waals surface area contributed by atoms with Crippen LogP contribution in [0.2, 0.25) is 0 Å². The van der Waals surface area contributed by atoms with Crippen molar-refractivity contribution in [3.8, 4) is 11.1 Å². The number of unbranched alkanes of at least 4 members (excludes halogenated alkanes) is 3. The third kappa shape index (κ3) is 7.91. The highest BCUT2D eigenvalue weighted by atomic mass is 19.1. The molecule has 37 heavy (non-hydrogen) atoms. The second kappa shape index (κ2) is 14.1. The van der Waals surface area contributed by atoms with Gasteiger partial charge in [0.2, 0.25) is 0 Å². The number of halogens is 1. The fraction of sp³-hybridized carbons (Fsp3) is 0.618. The molecule has 4 rings (SSSR count). The lowest BCUT2D eigenvalue weighted by molar-refractivity contribution is 0.0161. The molecule has 2 saturated carbocycles. The number of ether oxygens (including phenoxy) is 1. The Kier molecular flexibility index (Phi) is 10.6. The Bertz CT molecular complexity index is 966. The molecule has 202 valence electrons. The van der Waals surface area contributed by atoms with Crippen molar-refractivity contribution in [1.82, 2.24) is 0 Å². The summed E-state index contributed by atoms with van der Waals surface area (Å²) in [5, 5.41) is 0. The van der Waals surface area contributed by atoms with Crippen LogP contribution in [0.5, 0.6) is 0 Å². The van der Waals surface area contributed by atoms with Crippen molar-refractivity contribution < 1.29 is 13.9 Å². The summed E-state index contributed by atoms with van der Waals surface area (Å²) in [4.78, 5) is 12.7. The smallest absolute Gasteiger partial charge is 0.338 e. The van der Waals surface area contributed by atoms with Crippen molar-refractivity contribution in [1.29, 1.82) is 0 Å². The van der Waals surface area contributed by atoms with Gasteiger partial charge in [0.1, 0.15) is 11.9 Å². The third-order valence-corrected chi connectivity index (χ3v) is 8.99. The predicted octanol–water partition coefficient (Wildman–Crippen LogP) is 10.3. The molecule has 0 radical (unpaired) electrons. The van der Waals surface area contributed by atoms with Gasteiger partial charge in [-0.1, -0.05) is 83.1 Å². The molecule has 3 heteroatoms. The highest BCUT2D eigenvalue weighted by molar-refractivity contribution is 5.90. The van der Waals surface area contributed by atoms with Crippen molar-refractivity contribution in [3.63, 3.8) is 0 Å². The van der Waals surface area contributed by atoms with Crippen LogP contribution in [0.3, 0.4) is 0 Å². The van der Waals surface area contributed by atoms with E-state index in [0.717, 1.165) is 48.6 Å². The molecule has 2 fully saturated rings. The van der Waals surface area contributed by atoms with Gasteiger partial charge >= 0.3 is 5.97 Å². The van der Waals surface area contributed by atoms with Crippen molar-refractivity contribution in [2.24, 2.45) is 11.8 Å². The number of hydrogen-bond donors (Lipinski definition) is 0. The van der Waals surface area contributed by atoms with Crippen LogP contribution in [-0.4, -0.2) is 12.1 Å². The van der Waals surface area contributed by atoms with Gasteiger partial charge in [0, 0.05) is 5.56 Å². The van der Waals surface area contributed by atoms with Crippen LogP contribution in [0.1, 0.15) is 132 Å². The van der Waals surface area contributed by atoms with E-state index in [9.17, 15) is 4.79 Å². The maximum atomic E-state index is 15.1. The molecule has 0 bridgehead atoms. The molecule has 2 aliphatic carbocycles. The van der Waals surface area contributed by atoms with E-state index < -0.39 is 0 Å². The molecule has 0 aliphatic heterocycles. The first-order valence-corrected chi connectivity index (χ1v) is 15.2. The van der Waals surface area contributed by atoms with Crippen molar-refractivity contribution >= 4 is 5.97 Å². The minimum Gasteiger partial charge on any atom is -0.459 e. The summed E-state index contributed by atoms with van der Waals surface area (Å²) in [6, 6.07) is 13.0. The van der Waals surface area contributed by atoms with E-state index in [2.05, 4.69) is 19.9 Å². The lowest BCUT2D eigenvalue weighted by Crippen LogP contribution is -2.24. The van der Waals surface area contributed by atoms with Crippen LogP contribution in [0.4, 0.5) is 4.39 Å². The van der Waals surface area contributed by atoms with Gasteiger partial charge in [0.15, 0.2) is 0 Å². The maximum Gasteiger partial charge on any atom is 0.338 e. The van der Waals surface area contributed by atoms with Crippen LogP contribution < -0.4 is 0 Å². The topological polar surface area (TPSA) is 26.3 Å². The fourth-order valence-electron chi connectivity index (χ4n) is 6.52. The summed E-state index contributed by atoms with van der Waals surface area (Å²) in [7, 11) is 0. The minimum atomic E-state index is -0.258. The van der Waals surface area contributed by atoms with E-state index in [0.29, 0.717) is 17.0 Å². The number of carbonyl (C=O) groups excluding carboxylic acids is 1. The lowest BCUT2D eigenvalue weighted by Gasteiger charge is -2.29. The van der Waals surface area contributed by atoms with Gasteiger partial charge in [0.25, 0.3) is 0 Å². The highest BCUT2D eigenvalue weighted by Crippen LogP contribution is 2.39. The quantitative estimate of drug-likeness (QED) is 0.224. The molecule has 0 heterocycles. The third-order valence-electron chi connectivity index (χ3n) is 8.99. The molecule has 2 aromatic rings. The van der Waals surface area contributed by atoms with E-state index in [1.165, 1.54) is 70.6 Å². The standard InChI is InChI=1S/C34H47FO2/c1-3-5-7-9-26-12-21-31(22-13-26)37-34(36)29-18-16-28(17-19-29)32-23-20-30(24-33(32)35)27-14-10-25(11-15-27)8-6-4-2/h16-20,23-27,31H,3-15,21-22H2,1-2H3. The number of hydrogen-bond acceptors (Lipinski definition) is 2. The van der Waals surface area contributed by atoms with Crippen molar-refractivity contribution in [2.75, 3.05) is 0 Å². The normalized spacial score (nSPS) is 24.1. The van der Waals surface area contributed by atoms with Gasteiger partial charge in [0.05, 0.1) is 5.56 Å². The monoisotopic (exact) mass is 506 g/mol. The summed E-state index contributed by atoms with van der Waals surface area (Å²) in [6.45, 7) is 4.51. The molecule has 0 spiro atoms. The average Bonchev–Trinajstić information content (AvgIpc) is 2.93. The Morgan fingerprint density at radius 1 is 0.784 bits per heavy atom. The van der Waals surface area contributed by atoms with Crippen LogP contribution in [0.25, 0.3) is 11.1 Å². The summed E-state index contributed by atoms with van der Waals surface area (Å²) >= 11 is 0. The second-order valence-electron chi connectivity index (χ2n) is 11.7. The molecule has 0 amide bonds. The largest absolute Gasteiger partial charge is 0.459 e. The first-order chi connectivity index (χ1) is 18.1. The maximum absolute atomic E-state index is 15.1. The first kappa shape index (κ1) is 27.9. The number of rotatable bonds is 11. The minimum absolute atomic E-state index is 0.0290. The van der Waals surface area contributed by atoms with E-state index in [4.69, 9.17) is 4.74 Å². The number of carbonyl (C=O) groups is 1. The Hall–Kier alpha value is -2.16. The van der Waals surface area contributed by atoms with Crippen LogP contribution in [0.15, 0.2) is 42.5 Å². The van der Waals surface area contributed by atoms with Gasteiger partial charge in [-0.3, -0.25) is 0 Å². The zero-order valence-electron chi connectivity index (χ0n) is 23.2. The summed E-state index contributed by atoms with van der Waals surface area (Å²) in [6.07, 6.45) is 18.3. The molecule has 2 aliphatic rings. The zero-order chi connectivity index (χ0) is 26.0. The summed E-state index contributed by atoms with van der Waals surface area (Å²) < 4.78 is 21.0. The fourth-order valence-corrected chi connectivity index (χ4v) is 6.52. The van der Waals surface area contributed by atoms with Gasteiger partial charge < -0.3 is 4.74 Å². The molecule has 2 aromatic carbocycles. The molecule has 0 atom stereocenters. The number of benzene rings is 2. The highest BCUT2D eigenvalue weighted by Gasteiger charge is 2.25. The van der Waals surface area contributed by atoms with Gasteiger partial charge in [-0.2, -0.15) is 0 Å². The molecule has 0 N–H and O–H groups in total. The summed E-state index contributed by atoms with van der Waals surface area (Å²) in [5.41, 5.74) is 3.08. The van der Waals surface area contributed by atoms with Gasteiger partial charge in [-0.25, -0.2) is 9.18 Å². The zero-order valence-corrected chi connectivity index (χ0v) is 23.2. The molecule has 0 saturated heterocycles. The molecular weight excluding hydrogens is 459 g/mol. The Labute approximate surface area is 224 Å². The van der Waals surface area contributed by atoms with Crippen LogP contribution in [0, 0.1) is 17.7 Å². The predicted molar refractivity (Wildman–Crippen MR) is 151 cm³/mol. The van der Waals surface area contributed by atoms with Crippen molar-refractivity contribution in [2.45, 2.75) is 122 Å². The van der Waals surface area contributed by atoms with Crippen LogP contribution in [-0.2, 0) is 4.74 Å². The van der Waals surface area contributed by atoms with E-state index in [1.54, 1.807) is 18.2 Å².